The lowest BCUT2D eigenvalue weighted by molar-refractivity contribution is -0.920. The van der Waals surface area contributed by atoms with Crippen LogP contribution in [0.1, 0.15) is 36.6 Å². The Hall–Kier alpha value is -3.06. The number of para-hydroxylation sites is 2. The Bertz CT molecular complexity index is 1050. The summed E-state index contributed by atoms with van der Waals surface area (Å²) < 4.78 is 19.0. The number of imide groups is 1. The van der Waals surface area contributed by atoms with Crippen molar-refractivity contribution in [3.63, 3.8) is 0 Å². The fourth-order valence-electron chi connectivity index (χ4n) is 4.59. The second-order valence-corrected chi connectivity index (χ2v) is 8.15. The van der Waals surface area contributed by atoms with Crippen LogP contribution in [0, 0.1) is 5.82 Å². The molecule has 30 heavy (non-hydrogen) atoms. The molecule has 1 N–H and O–H groups in total. The Morgan fingerprint density at radius 1 is 1.07 bits per heavy atom. The van der Waals surface area contributed by atoms with Crippen LogP contribution in [-0.4, -0.2) is 40.8 Å². The Kier molecular flexibility index (Phi) is 4.83. The topological polar surface area (TPSA) is 67.9 Å². The second kappa shape index (κ2) is 7.65. The molecule has 154 valence electrons. The van der Waals surface area contributed by atoms with Crippen LogP contribution in [0.5, 0.6) is 0 Å². The van der Waals surface area contributed by atoms with E-state index in [1.165, 1.54) is 17.0 Å². The fourth-order valence-corrected chi connectivity index (χ4v) is 4.59. The average Bonchev–Trinajstić information content (AvgIpc) is 3.32. The Labute approximate surface area is 173 Å². The summed E-state index contributed by atoms with van der Waals surface area (Å²) in [6, 6.07) is 13.3. The van der Waals surface area contributed by atoms with E-state index in [2.05, 4.69) is 4.98 Å². The molecule has 7 heteroatoms. The number of hydrogen-bond acceptors (Lipinski definition) is 4. The van der Waals surface area contributed by atoms with Crippen molar-refractivity contribution < 1.29 is 23.3 Å². The monoisotopic (exact) mass is 408 g/mol. The highest BCUT2D eigenvalue weighted by atomic mass is 19.1. The number of fused-ring (bicyclic) bond motifs is 1. The average molecular weight is 408 g/mol. The van der Waals surface area contributed by atoms with Gasteiger partial charge < -0.3 is 9.32 Å². The number of carbonyl (C=O) groups is 2. The molecule has 0 aliphatic carbocycles. The summed E-state index contributed by atoms with van der Waals surface area (Å²) in [4.78, 5) is 32.5. The molecule has 6 nitrogen and oxygen atoms in total. The number of hydrogen-bond donors (Lipinski definition) is 1. The van der Waals surface area contributed by atoms with Gasteiger partial charge in [-0.05, 0) is 29.8 Å². The quantitative estimate of drug-likeness (QED) is 0.671. The van der Waals surface area contributed by atoms with Gasteiger partial charge in [0.25, 0.3) is 5.91 Å². The lowest BCUT2D eigenvalue weighted by Gasteiger charge is -2.30. The largest absolute Gasteiger partial charge is 0.440 e. The highest BCUT2D eigenvalue weighted by Gasteiger charge is 2.46. The van der Waals surface area contributed by atoms with Gasteiger partial charge in [0.05, 0.1) is 26.1 Å². The summed E-state index contributed by atoms with van der Waals surface area (Å²) >= 11 is 0. The van der Waals surface area contributed by atoms with Crippen molar-refractivity contribution in [2.75, 3.05) is 13.1 Å². The molecule has 0 bridgehead atoms. The minimum Gasteiger partial charge on any atom is -0.440 e. The molecule has 0 saturated carbocycles. The number of piperidine rings is 1. The van der Waals surface area contributed by atoms with Crippen molar-refractivity contribution >= 4 is 22.9 Å². The summed E-state index contributed by atoms with van der Waals surface area (Å²) in [7, 11) is 0. The van der Waals surface area contributed by atoms with E-state index in [0.717, 1.165) is 53.4 Å². The van der Waals surface area contributed by atoms with Crippen LogP contribution in [0.25, 0.3) is 11.1 Å². The maximum atomic E-state index is 13.1. The molecular formula is C23H23FN3O3+. The number of amides is 2. The first-order valence-corrected chi connectivity index (χ1v) is 10.4. The standard InChI is InChI=1S/C23H22FN3O3/c24-17-7-5-15(6-8-17)14-27-21(28)13-19(23(27)29)26-11-9-16(10-12-26)22-25-18-3-1-2-4-20(18)30-22/h1-8,16,19H,9-14H2/p+1/t19-/m1/s1. The lowest BCUT2D eigenvalue weighted by Crippen LogP contribution is -3.17. The molecule has 3 heterocycles. The molecule has 2 saturated heterocycles. The number of nitrogens with zero attached hydrogens (tertiary/aromatic N) is 2. The predicted octanol–water partition coefficient (Wildman–Crippen LogP) is 2.06. The first-order valence-electron chi connectivity index (χ1n) is 10.4. The second-order valence-electron chi connectivity index (χ2n) is 8.15. The van der Waals surface area contributed by atoms with Gasteiger partial charge >= 0.3 is 0 Å². The number of oxazole rings is 1. The summed E-state index contributed by atoms with van der Waals surface area (Å²) in [6.45, 7) is 1.81. The van der Waals surface area contributed by atoms with Crippen LogP contribution < -0.4 is 4.90 Å². The van der Waals surface area contributed by atoms with E-state index in [1.807, 2.05) is 24.3 Å². The van der Waals surface area contributed by atoms with Crippen LogP contribution in [0.4, 0.5) is 4.39 Å². The van der Waals surface area contributed by atoms with E-state index in [1.54, 1.807) is 12.1 Å². The van der Waals surface area contributed by atoms with Crippen LogP contribution in [0.15, 0.2) is 52.9 Å². The van der Waals surface area contributed by atoms with Crippen molar-refractivity contribution in [3.8, 4) is 0 Å². The first kappa shape index (κ1) is 18.9. The number of likely N-dealkylation sites (tertiary alicyclic amines) is 2. The van der Waals surface area contributed by atoms with Crippen LogP contribution >= 0.6 is 0 Å². The van der Waals surface area contributed by atoms with Gasteiger partial charge in [0.2, 0.25) is 5.91 Å². The van der Waals surface area contributed by atoms with Crippen LogP contribution in [0.3, 0.4) is 0 Å². The van der Waals surface area contributed by atoms with E-state index in [9.17, 15) is 14.0 Å². The number of quaternary nitrogens is 1. The minimum absolute atomic E-state index is 0.125. The zero-order valence-corrected chi connectivity index (χ0v) is 16.5. The normalized spacial score (nSPS) is 24.7. The van der Waals surface area contributed by atoms with Crippen LogP contribution in [-0.2, 0) is 16.1 Å². The molecule has 1 atom stereocenters. The van der Waals surface area contributed by atoms with Crippen molar-refractivity contribution in [2.45, 2.75) is 37.8 Å². The minimum atomic E-state index is -0.332. The van der Waals surface area contributed by atoms with Gasteiger partial charge in [-0.2, -0.15) is 0 Å². The lowest BCUT2D eigenvalue weighted by atomic mass is 9.95. The van der Waals surface area contributed by atoms with Crippen LogP contribution in [0.2, 0.25) is 0 Å². The summed E-state index contributed by atoms with van der Waals surface area (Å²) in [6.07, 6.45) is 1.99. The van der Waals surface area contributed by atoms with Gasteiger partial charge in [-0.25, -0.2) is 9.37 Å². The third kappa shape index (κ3) is 3.50. The first-order chi connectivity index (χ1) is 14.6. The highest BCUT2D eigenvalue weighted by Crippen LogP contribution is 2.27. The molecule has 2 amide bonds. The van der Waals surface area contributed by atoms with Crippen molar-refractivity contribution in [1.82, 2.24) is 9.88 Å². The summed E-state index contributed by atoms with van der Waals surface area (Å²) in [5.74, 6) is 0.398. The number of halogens is 1. The van der Waals surface area contributed by atoms with Crippen molar-refractivity contribution in [1.29, 1.82) is 0 Å². The van der Waals surface area contributed by atoms with E-state index < -0.39 is 0 Å². The van der Waals surface area contributed by atoms with Gasteiger partial charge in [0.15, 0.2) is 17.5 Å². The van der Waals surface area contributed by atoms with E-state index in [-0.39, 0.29) is 42.6 Å². The highest BCUT2D eigenvalue weighted by molar-refractivity contribution is 6.04. The SMILES string of the molecule is O=C1C[C@@H]([NH+]2CCC(c3nc4ccccc4o3)CC2)C(=O)N1Cc1ccc(F)cc1. The number of benzene rings is 2. The maximum Gasteiger partial charge on any atom is 0.288 e. The van der Waals surface area contributed by atoms with E-state index >= 15 is 0 Å². The molecule has 0 radical (unpaired) electrons. The van der Waals surface area contributed by atoms with E-state index in [0.29, 0.717) is 0 Å². The summed E-state index contributed by atoms with van der Waals surface area (Å²) in [5.41, 5.74) is 2.42. The molecule has 0 unspecified atom stereocenters. The van der Waals surface area contributed by atoms with Gasteiger partial charge in [-0.1, -0.05) is 24.3 Å². The van der Waals surface area contributed by atoms with Gasteiger partial charge in [0, 0.05) is 18.8 Å². The van der Waals surface area contributed by atoms with Gasteiger partial charge in [-0.3, -0.25) is 14.5 Å². The maximum absolute atomic E-state index is 13.1. The Morgan fingerprint density at radius 2 is 1.80 bits per heavy atom. The molecule has 5 rings (SSSR count). The zero-order valence-electron chi connectivity index (χ0n) is 16.5. The smallest absolute Gasteiger partial charge is 0.288 e. The molecule has 2 aliphatic rings. The Morgan fingerprint density at radius 3 is 2.53 bits per heavy atom. The van der Waals surface area contributed by atoms with Gasteiger partial charge in [0.1, 0.15) is 11.3 Å². The third-order valence-corrected chi connectivity index (χ3v) is 6.28. The number of aromatic nitrogens is 1. The molecule has 2 aromatic carbocycles. The van der Waals surface area contributed by atoms with Gasteiger partial charge in [-0.15, -0.1) is 0 Å². The van der Waals surface area contributed by atoms with Crippen molar-refractivity contribution in [2.24, 2.45) is 0 Å². The van der Waals surface area contributed by atoms with E-state index in [4.69, 9.17) is 4.42 Å². The number of nitrogens with one attached hydrogen (secondary N) is 1. The Balaban J connectivity index is 1.23. The molecule has 1 aromatic heterocycles. The molecule has 2 aliphatic heterocycles. The molecule has 3 aromatic rings. The van der Waals surface area contributed by atoms with Crippen molar-refractivity contribution in [3.05, 3.63) is 65.8 Å². The third-order valence-electron chi connectivity index (χ3n) is 6.28. The molecule has 0 spiro atoms. The number of carbonyl (C=O) groups excluding carboxylic acids is 2. The summed E-state index contributed by atoms with van der Waals surface area (Å²) in [5, 5.41) is 0. The predicted molar refractivity (Wildman–Crippen MR) is 107 cm³/mol. The zero-order chi connectivity index (χ0) is 20.7. The number of rotatable bonds is 4. The molecule has 2 fully saturated rings. The fraction of sp³-hybridized carbons (Fsp3) is 0.348. The molecular weight excluding hydrogens is 385 g/mol.